The van der Waals surface area contributed by atoms with Crippen molar-refractivity contribution in [3.8, 4) is 44.5 Å². The first kappa shape index (κ1) is 45.6. The molecular weight excluding hydrogens is 929 g/mol. The molecule has 0 radical (unpaired) electrons. The predicted molar refractivity (Wildman–Crippen MR) is 324 cm³/mol. The monoisotopic (exact) mass is 980 g/mol. The average molecular weight is 981 g/mol. The molecule has 13 aromatic carbocycles. The smallest absolute Gasteiger partial charge is 0.0714 e. The van der Waals surface area contributed by atoms with E-state index in [0.29, 0.717) is 0 Å². The minimum atomic E-state index is -0.568. The molecule has 0 fully saturated rings. The van der Waals surface area contributed by atoms with Gasteiger partial charge in [-0.15, -0.1) is 0 Å². The van der Waals surface area contributed by atoms with Crippen LogP contribution in [0.5, 0.6) is 0 Å². The summed E-state index contributed by atoms with van der Waals surface area (Å²) in [6.45, 7) is 0. The lowest BCUT2D eigenvalue weighted by Gasteiger charge is -2.35. The zero-order valence-corrected chi connectivity index (χ0v) is 42.4. The van der Waals surface area contributed by atoms with Crippen LogP contribution in [-0.4, -0.2) is 0 Å². The fourth-order valence-electron chi connectivity index (χ4n) is 12.3. The molecule has 14 rings (SSSR count). The van der Waals surface area contributed by atoms with Gasteiger partial charge in [-0.2, -0.15) is 0 Å². The van der Waals surface area contributed by atoms with E-state index in [1.807, 2.05) is 0 Å². The van der Waals surface area contributed by atoms with E-state index in [1.165, 1.54) is 71.6 Å². The normalized spacial score (nSPS) is 12.3. The molecule has 0 N–H and O–H groups in total. The van der Waals surface area contributed by atoms with Crippen molar-refractivity contribution in [3.05, 3.63) is 338 Å². The van der Waals surface area contributed by atoms with Crippen molar-refractivity contribution in [1.82, 2.24) is 0 Å². The van der Waals surface area contributed by atoms with Crippen LogP contribution in [0.2, 0.25) is 0 Å². The zero-order chi connectivity index (χ0) is 51.1. The Balaban J connectivity index is 1.02. The van der Waals surface area contributed by atoms with Crippen molar-refractivity contribution in [2.75, 3.05) is 9.80 Å². The van der Waals surface area contributed by atoms with Crippen LogP contribution in [0, 0.1) is 0 Å². The van der Waals surface area contributed by atoms with Gasteiger partial charge >= 0.3 is 0 Å². The van der Waals surface area contributed by atoms with Gasteiger partial charge in [0, 0.05) is 34.1 Å². The molecule has 2 heteroatoms. The zero-order valence-electron chi connectivity index (χ0n) is 42.4. The molecule has 0 saturated carbocycles. The summed E-state index contributed by atoms with van der Waals surface area (Å²) in [4.78, 5) is 4.87. The summed E-state index contributed by atoms with van der Waals surface area (Å²) >= 11 is 0. The van der Waals surface area contributed by atoms with Gasteiger partial charge in [-0.25, -0.2) is 0 Å². The molecule has 0 saturated heterocycles. The van der Waals surface area contributed by atoms with Crippen molar-refractivity contribution >= 4 is 55.7 Å². The van der Waals surface area contributed by atoms with Crippen molar-refractivity contribution in [2.24, 2.45) is 0 Å². The largest absolute Gasteiger partial charge is 0.310 e. The maximum absolute atomic E-state index is 2.47. The number of fused-ring (bicyclic) bond motifs is 5. The third-order valence-electron chi connectivity index (χ3n) is 15.6. The summed E-state index contributed by atoms with van der Waals surface area (Å²) < 4.78 is 0. The Morgan fingerprint density at radius 1 is 0.221 bits per heavy atom. The Morgan fingerprint density at radius 2 is 0.701 bits per heavy atom. The molecule has 13 aromatic rings. The topological polar surface area (TPSA) is 6.48 Å². The molecule has 0 amide bonds. The lowest BCUT2D eigenvalue weighted by molar-refractivity contribution is 0.768. The highest BCUT2D eigenvalue weighted by atomic mass is 15.2. The molecular formula is C75H52N2. The van der Waals surface area contributed by atoms with Gasteiger partial charge in [-0.1, -0.05) is 243 Å². The molecule has 0 aromatic heterocycles. The standard InChI is InChI=1S/C75H52N2/c1-6-25-55(26-7-1)74-68-38-19-18-24-54(68)42-45-69(74)58-29-22-28-56(47-58)59-49-66(76(62-34-12-4-13-35-62)64-43-41-53-23-16-17-27-57(53)48-64)51-67(50-59)77(63-36-14-5-15-37-63)65-44-46-71-70-39-20-21-40-72(70)75(73(71)52-65,60-30-8-2-9-31-60)61-32-10-3-11-33-61/h1-52H. The third kappa shape index (κ3) is 7.98. The van der Waals surface area contributed by atoms with E-state index in [2.05, 4.69) is 325 Å². The molecule has 362 valence electrons. The molecule has 1 aliphatic carbocycles. The molecule has 0 unspecified atom stereocenters. The van der Waals surface area contributed by atoms with Crippen molar-refractivity contribution in [3.63, 3.8) is 0 Å². The van der Waals surface area contributed by atoms with Gasteiger partial charge in [0.2, 0.25) is 0 Å². The SMILES string of the molecule is c1ccc(-c2c(-c3cccc(-c4cc(N(c5ccccc5)c5ccc6c(c5)C(c5ccccc5)(c5ccccc5)c5ccccc5-6)cc(N(c5ccccc5)c5ccc6ccccc6c5)c4)c3)ccc3ccccc23)cc1. The van der Waals surface area contributed by atoms with Crippen LogP contribution in [0.4, 0.5) is 34.1 Å². The van der Waals surface area contributed by atoms with Crippen molar-refractivity contribution in [2.45, 2.75) is 5.41 Å². The van der Waals surface area contributed by atoms with Gasteiger partial charge in [-0.3, -0.25) is 0 Å². The summed E-state index contributed by atoms with van der Waals surface area (Å²) in [5, 5.41) is 4.85. The van der Waals surface area contributed by atoms with Crippen LogP contribution in [0.1, 0.15) is 22.3 Å². The van der Waals surface area contributed by atoms with E-state index in [9.17, 15) is 0 Å². The Bertz CT molecular complexity index is 4230. The Hall–Kier alpha value is -10.0. The summed E-state index contributed by atoms with van der Waals surface area (Å²) in [7, 11) is 0. The molecule has 0 heterocycles. The highest BCUT2D eigenvalue weighted by Crippen LogP contribution is 2.57. The van der Waals surface area contributed by atoms with Crippen LogP contribution >= 0.6 is 0 Å². The number of rotatable bonds is 11. The summed E-state index contributed by atoms with van der Waals surface area (Å²) in [6.07, 6.45) is 0. The van der Waals surface area contributed by atoms with E-state index in [0.717, 1.165) is 50.8 Å². The van der Waals surface area contributed by atoms with Gasteiger partial charge in [0.25, 0.3) is 0 Å². The number of anilines is 6. The van der Waals surface area contributed by atoms with Gasteiger partial charge in [0.15, 0.2) is 0 Å². The number of hydrogen-bond acceptors (Lipinski definition) is 2. The predicted octanol–water partition coefficient (Wildman–Crippen LogP) is 20.3. The van der Waals surface area contributed by atoms with Crippen LogP contribution in [0.3, 0.4) is 0 Å². The Kier molecular flexibility index (Phi) is 11.5. The molecule has 2 nitrogen and oxygen atoms in total. The fourth-order valence-corrected chi connectivity index (χ4v) is 12.3. The second-order valence-electron chi connectivity index (χ2n) is 20.0. The quantitative estimate of drug-likeness (QED) is 0.127. The van der Waals surface area contributed by atoms with Crippen LogP contribution < -0.4 is 9.80 Å². The highest BCUT2D eigenvalue weighted by Gasteiger charge is 2.46. The number of para-hydroxylation sites is 2. The third-order valence-corrected chi connectivity index (χ3v) is 15.6. The maximum atomic E-state index is 2.47. The van der Waals surface area contributed by atoms with Gasteiger partial charge in [0.1, 0.15) is 0 Å². The van der Waals surface area contributed by atoms with E-state index in [-0.39, 0.29) is 0 Å². The van der Waals surface area contributed by atoms with E-state index >= 15 is 0 Å². The van der Waals surface area contributed by atoms with E-state index < -0.39 is 5.41 Å². The lowest BCUT2D eigenvalue weighted by Crippen LogP contribution is -2.28. The number of nitrogens with zero attached hydrogens (tertiary/aromatic N) is 2. The summed E-state index contributed by atoms with van der Waals surface area (Å²) in [6, 6.07) is 116. The second kappa shape index (κ2) is 19.4. The Morgan fingerprint density at radius 3 is 1.38 bits per heavy atom. The lowest BCUT2D eigenvalue weighted by atomic mass is 9.67. The van der Waals surface area contributed by atoms with E-state index in [1.54, 1.807) is 0 Å². The van der Waals surface area contributed by atoms with Gasteiger partial charge in [-0.05, 0) is 161 Å². The molecule has 0 aliphatic heterocycles. The van der Waals surface area contributed by atoms with Crippen molar-refractivity contribution < 1.29 is 0 Å². The average Bonchev–Trinajstić information content (AvgIpc) is 4.08. The summed E-state index contributed by atoms with van der Waals surface area (Å²) in [5.74, 6) is 0. The highest BCUT2D eigenvalue weighted by molar-refractivity contribution is 6.05. The molecule has 0 bridgehead atoms. The second-order valence-corrected chi connectivity index (χ2v) is 20.0. The molecule has 77 heavy (non-hydrogen) atoms. The first-order valence-corrected chi connectivity index (χ1v) is 26.6. The van der Waals surface area contributed by atoms with Gasteiger partial charge in [0.05, 0.1) is 5.41 Å². The fraction of sp³-hybridized carbons (Fsp3) is 0.0133. The molecule has 0 atom stereocenters. The van der Waals surface area contributed by atoms with E-state index in [4.69, 9.17) is 0 Å². The first-order chi connectivity index (χ1) is 38.2. The minimum Gasteiger partial charge on any atom is -0.310 e. The maximum Gasteiger partial charge on any atom is 0.0714 e. The summed E-state index contributed by atoms with van der Waals surface area (Å²) in [5.41, 5.74) is 20.3. The minimum absolute atomic E-state index is 0.568. The Labute approximate surface area is 450 Å². The number of hydrogen-bond donors (Lipinski definition) is 0. The van der Waals surface area contributed by atoms with Gasteiger partial charge < -0.3 is 9.80 Å². The molecule has 0 spiro atoms. The van der Waals surface area contributed by atoms with Crippen molar-refractivity contribution in [1.29, 1.82) is 0 Å². The first-order valence-electron chi connectivity index (χ1n) is 26.6. The number of benzene rings is 13. The van der Waals surface area contributed by atoms with Crippen LogP contribution in [0.15, 0.2) is 315 Å². The molecule has 1 aliphatic rings. The van der Waals surface area contributed by atoms with Crippen LogP contribution in [-0.2, 0) is 5.41 Å². The van der Waals surface area contributed by atoms with Crippen LogP contribution in [0.25, 0.3) is 66.1 Å².